The van der Waals surface area contributed by atoms with Crippen molar-refractivity contribution >= 4 is 17.6 Å². The highest BCUT2D eigenvalue weighted by Crippen LogP contribution is 2.29. The zero-order valence-corrected chi connectivity index (χ0v) is 12.5. The number of aromatic nitrogens is 1. The molecule has 2 rings (SSSR count). The molecule has 0 aliphatic carbocycles. The van der Waals surface area contributed by atoms with Crippen LogP contribution in [0.3, 0.4) is 0 Å². The van der Waals surface area contributed by atoms with Gasteiger partial charge in [0.15, 0.2) is 6.10 Å². The summed E-state index contributed by atoms with van der Waals surface area (Å²) in [5, 5.41) is 2.38. The molecular formula is C16H13F3N2O3. The SMILES string of the molecule is C[C@@H](OC(=O)c1cccnc1)C(=O)Nc1ccc(C(F)(F)F)cc1. The quantitative estimate of drug-likeness (QED) is 0.869. The Morgan fingerprint density at radius 3 is 2.38 bits per heavy atom. The third-order valence-electron chi connectivity index (χ3n) is 3.03. The summed E-state index contributed by atoms with van der Waals surface area (Å²) in [6, 6.07) is 6.97. The highest BCUT2D eigenvalue weighted by molar-refractivity contribution is 5.97. The van der Waals surface area contributed by atoms with Crippen molar-refractivity contribution in [3.8, 4) is 0 Å². The van der Waals surface area contributed by atoms with E-state index < -0.39 is 29.7 Å². The van der Waals surface area contributed by atoms with Crippen molar-refractivity contribution in [1.29, 1.82) is 0 Å². The fourth-order valence-corrected chi connectivity index (χ4v) is 1.75. The van der Waals surface area contributed by atoms with Crippen LogP contribution in [0.1, 0.15) is 22.8 Å². The molecule has 0 unspecified atom stereocenters. The molecule has 1 heterocycles. The molecule has 1 amide bonds. The summed E-state index contributed by atoms with van der Waals surface area (Å²) < 4.78 is 42.4. The number of carbonyl (C=O) groups is 2. The molecule has 126 valence electrons. The van der Waals surface area contributed by atoms with Gasteiger partial charge >= 0.3 is 12.1 Å². The first kappa shape index (κ1) is 17.5. The fourth-order valence-electron chi connectivity index (χ4n) is 1.75. The van der Waals surface area contributed by atoms with Crippen molar-refractivity contribution in [2.24, 2.45) is 0 Å². The van der Waals surface area contributed by atoms with Crippen molar-refractivity contribution in [2.45, 2.75) is 19.2 Å². The Bertz CT molecular complexity index is 716. The molecule has 5 nitrogen and oxygen atoms in total. The van der Waals surface area contributed by atoms with Gasteiger partial charge in [0.1, 0.15) is 0 Å². The number of nitrogens with one attached hydrogen (secondary N) is 1. The summed E-state index contributed by atoms with van der Waals surface area (Å²) >= 11 is 0. The molecule has 0 bridgehead atoms. The van der Waals surface area contributed by atoms with E-state index in [1.165, 1.54) is 25.4 Å². The van der Waals surface area contributed by atoms with E-state index in [1.54, 1.807) is 6.07 Å². The smallest absolute Gasteiger partial charge is 0.416 e. The first-order valence-corrected chi connectivity index (χ1v) is 6.86. The minimum absolute atomic E-state index is 0.164. The Hall–Kier alpha value is -2.90. The molecule has 0 aliphatic heterocycles. The molecule has 0 saturated carbocycles. The minimum Gasteiger partial charge on any atom is -0.449 e. The van der Waals surface area contributed by atoms with Crippen molar-refractivity contribution < 1.29 is 27.5 Å². The third kappa shape index (κ3) is 4.55. The summed E-state index contributed by atoms with van der Waals surface area (Å²) in [4.78, 5) is 27.5. The predicted molar refractivity (Wildman–Crippen MR) is 79.2 cm³/mol. The highest BCUT2D eigenvalue weighted by atomic mass is 19.4. The summed E-state index contributed by atoms with van der Waals surface area (Å²) in [6.45, 7) is 1.35. The van der Waals surface area contributed by atoms with E-state index >= 15 is 0 Å². The first-order chi connectivity index (χ1) is 11.3. The normalized spacial score (nSPS) is 12.3. The zero-order valence-electron chi connectivity index (χ0n) is 12.5. The van der Waals surface area contributed by atoms with Gasteiger partial charge in [-0.3, -0.25) is 9.78 Å². The average Bonchev–Trinajstić information content (AvgIpc) is 2.55. The molecule has 0 radical (unpaired) electrons. The molecular weight excluding hydrogens is 325 g/mol. The van der Waals surface area contributed by atoms with Crippen LogP contribution in [-0.2, 0) is 15.7 Å². The van der Waals surface area contributed by atoms with E-state index in [2.05, 4.69) is 10.3 Å². The van der Waals surface area contributed by atoms with Crippen LogP contribution in [-0.4, -0.2) is 23.0 Å². The number of alkyl halides is 3. The number of nitrogens with zero attached hydrogens (tertiary/aromatic N) is 1. The number of rotatable bonds is 4. The van der Waals surface area contributed by atoms with E-state index in [4.69, 9.17) is 4.74 Å². The monoisotopic (exact) mass is 338 g/mol. The van der Waals surface area contributed by atoms with Crippen LogP contribution in [0.5, 0.6) is 0 Å². The second kappa shape index (κ2) is 7.12. The first-order valence-electron chi connectivity index (χ1n) is 6.86. The van der Waals surface area contributed by atoms with E-state index in [0.717, 1.165) is 24.3 Å². The van der Waals surface area contributed by atoms with Gasteiger partial charge in [-0.2, -0.15) is 13.2 Å². The maximum absolute atomic E-state index is 12.5. The van der Waals surface area contributed by atoms with Crippen LogP contribution in [0.4, 0.5) is 18.9 Å². The van der Waals surface area contributed by atoms with Gasteiger partial charge in [0.2, 0.25) is 0 Å². The van der Waals surface area contributed by atoms with Gasteiger partial charge in [0, 0.05) is 18.1 Å². The van der Waals surface area contributed by atoms with Crippen LogP contribution >= 0.6 is 0 Å². The van der Waals surface area contributed by atoms with E-state index in [-0.39, 0.29) is 11.3 Å². The van der Waals surface area contributed by atoms with Gasteiger partial charge in [-0.1, -0.05) is 0 Å². The summed E-state index contributed by atoms with van der Waals surface area (Å²) in [6.07, 6.45) is -2.80. The summed E-state index contributed by atoms with van der Waals surface area (Å²) in [5.41, 5.74) is -0.472. The van der Waals surface area contributed by atoms with Crippen molar-refractivity contribution in [1.82, 2.24) is 4.98 Å². The lowest BCUT2D eigenvalue weighted by atomic mass is 10.2. The molecule has 0 saturated heterocycles. The molecule has 24 heavy (non-hydrogen) atoms. The summed E-state index contributed by atoms with van der Waals surface area (Å²) in [7, 11) is 0. The molecule has 1 N–H and O–H groups in total. The number of hydrogen-bond acceptors (Lipinski definition) is 4. The lowest BCUT2D eigenvalue weighted by molar-refractivity contribution is -0.137. The Kier molecular flexibility index (Phi) is 5.18. The molecule has 1 aromatic carbocycles. The molecule has 0 aliphatic rings. The zero-order chi connectivity index (χ0) is 17.7. The number of ether oxygens (including phenoxy) is 1. The Balaban J connectivity index is 1.95. The molecule has 0 spiro atoms. The van der Waals surface area contributed by atoms with Crippen LogP contribution in [0, 0.1) is 0 Å². The maximum Gasteiger partial charge on any atom is 0.416 e. The number of pyridine rings is 1. The Labute approximate surface area is 135 Å². The Morgan fingerprint density at radius 1 is 1.17 bits per heavy atom. The number of esters is 1. The lowest BCUT2D eigenvalue weighted by Gasteiger charge is -2.14. The number of carbonyl (C=O) groups excluding carboxylic acids is 2. The highest BCUT2D eigenvalue weighted by Gasteiger charge is 2.30. The second-order valence-electron chi connectivity index (χ2n) is 4.85. The van der Waals surface area contributed by atoms with Crippen molar-refractivity contribution in [2.75, 3.05) is 5.32 Å². The van der Waals surface area contributed by atoms with Crippen LogP contribution in [0.25, 0.3) is 0 Å². The van der Waals surface area contributed by atoms with E-state index in [9.17, 15) is 22.8 Å². The second-order valence-corrected chi connectivity index (χ2v) is 4.85. The van der Waals surface area contributed by atoms with E-state index in [0.29, 0.717) is 0 Å². The van der Waals surface area contributed by atoms with E-state index in [1.807, 2.05) is 0 Å². The van der Waals surface area contributed by atoms with Crippen LogP contribution < -0.4 is 5.32 Å². The van der Waals surface area contributed by atoms with Crippen LogP contribution in [0.2, 0.25) is 0 Å². The molecule has 8 heteroatoms. The minimum atomic E-state index is -4.45. The van der Waals surface area contributed by atoms with Crippen molar-refractivity contribution in [3.63, 3.8) is 0 Å². The van der Waals surface area contributed by atoms with Crippen molar-refractivity contribution in [3.05, 3.63) is 59.9 Å². The number of hydrogen-bond donors (Lipinski definition) is 1. The molecule has 1 aromatic heterocycles. The maximum atomic E-state index is 12.5. The van der Waals surface area contributed by atoms with Crippen LogP contribution in [0.15, 0.2) is 48.8 Å². The van der Waals surface area contributed by atoms with Gasteiger partial charge in [0.25, 0.3) is 5.91 Å². The number of anilines is 1. The molecule has 0 fully saturated rings. The van der Waals surface area contributed by atoms with Gasteiger partial charge in [0.05, 0.1) is 11.1 Å². The average molecular weight is 338 g/mol. The topological polar surface area (TPSA) is 68.3 Å². The number of amides is 1. The molecule has 2 aromatic rings. The third-order valence-corrected chi connectivity index (χ3v) is 3.03. The van der Waals surface area contributed by atoms with Gasteiger partial charge in [-0.25, -0.2) is 4.79 Å². The predicted octanol–water partition coefficient (Wildman–Crippen LogP) is 3.28. The summed E-state index contributed by atoms with van der Waals surface area (Å²) in [5.74, 6) is -1.38. The molecule has 1 atom stereocenters. The lowest BCUT2D eigenvalue weighted by Crippen LogP contribution is -2.30. The Morgan fingerprint density at radius 2 is 1.83 bits per heavy atom. The largest absolute Gasteiger partial charge is 0.449 e. The van der Waals surface area contributed by atoms with Gasteiger partial charge < -0.3 is 10.1 Å². The number of halogens is 3. The van der Waals surface area contributed by atoms with Gasteiger partial charge in [-0.05, 0) is 43.3 Å². The number of benzene rings is 1. The fraction of sp³-hybridized carbons (Fsp3) is 0.188. The van der Waals surface area contributed by atoms with Gasteiger partial charge in [-0.15, -0.1) is 0 Å². The standard InChI is InChI=1S/C16H13F3N2O3/c1-10(24-15(23)11-3-2-8-20-9-11)14(22)21-13-6-4-12(5-7-13)16(17,18)19/h2-10H,1H3,(H,21,22)/t10-/m1/s1.